The number of β-amino-alcohol motifs (C(OH)–C–C–N with tert-alkyl or cyclic N) is 1. The van der Waals surface area contributed by atoms with Crippen LogP contribution in [0.5, 0.6) is 0 Å². The zero-order valence-electron chi connectivity index (χ0n) is 12.4. The van der Waals surface area contributed by atoms with E-state index in [4.69, 9.17) is 0 Å². The number of rotatable bonds is 5. The number of benzene rings is 1. The van der Waals surface area contributed by atoms with Gasteiger partial charge in [-0.05, 0) is 44.0 Å². The zero-order valence-corrected chi connectivity index (χ0v) is 12.4. The topological polar surface area (TPSA) is 52.6 Å². The number of hydrogen-bond donors (Lipinski definition) is 2. The van der Waals surface area contributed by atoms with Gasteiger partial charge in [0.15, 0.2) is 0 Å². The minimum atomic E-state index is -0.654. The summed E-state index contributed by atoms with van der Waals surface area (Å²) in [7, 11) is 0. The van der Waals surface area contributed by atoms with Crippen LogP contribution in [0.2, 0.25) is 0 Å². The fraction of sp³-hybridized carbons (Fsp3) is 0.562. The number of hydrogen-bond acceptors (Lipinski definition) is 3. The highest BCUT2D eigenvalue weighted by atomic mass is 19.1. The predicted octanol–water partition coefficient (Wildman–Crippen LogP) is 1.71. The number of halogens is 1. The molecule has 1 amide bonds. The average molecular weight is 294 g/mol. The minimum absolute atomic E-state index is 0.000817. The van der Waals surface area contributed by atoms with Crippen LogP contribution in [0, 0.1) is 11.7 Å². The number of carbonyl (C=O) groups excluding carboxylic acids is 1. The van der Waals surface area contributed by atoms with E-state index in [2.05, 4.69) is 10.2 Å². The Bertz CT molecular complexity index is 464. The third-order valence-corrected chi connectivity index (χ3v) is 3.91. The third-order valence-electron chi connectivity index (χ3n) is 3.91. The molecule has 1 saturated heterocycles. The number of nitrogens with zero attached hydrogens (tertiary/aromatic N) is 1. The summed E-state index contributed by atoms with van der Waals surface area (Å²) in [4.78, 5) is 14.0. The first-order chi connectivity index (χ1) is 10.1. The van der Waals surface area contributed by atoms with Gasteiger partial charge in [-0.15, -0.1) is 0 Å². The first-order valence-corrected chi connectivity index (χ1v) is 7.53. The van der Waals surface area contributed by atoms with Crippen molar-refractivity contribution in [3.8, 4) is 0 Å². The Morgan fingerprint density at radius 2 is 2.19 bits per heavy atom. The molecule has 2 unspecified atom stereocenters. The molecule has 2 N–H and O–H groups in total. The van der Waals surface area contributed by atoms with E-state index < -0.39 is 6.10 Å². The summed E-state index contributed by atoms with van der Waals surface area (Å²) in [6.45, 7) is 4.59. The second kappa shape index (κ2) is 7.52. The van der Waals surface area contributed by atoms with Crippen molar-refractivity contribution in [2.75, 3.05) is 26.2 Å². The van der Waals surface area contributed by atoms with E-state index in [1.807, 2.05) is 6.92 Å². The molecule has 0 saturated carbocycles. The molecule has 0 aromatic heterocycles. The Labute approximate surface area is 125 Å². The van der Waals surface area contributed by atoms with Crippen LogP contribution < -0.4 is 5.32 Å². The van der Waals surface area contributed by atoms with Gasteiger partial charge in [0.2, 0.25) is 5.91 Å². The highest BCUT2D eigenvalue weighted by Crippen LogP contribution is 2.21. The van der Waals surface area contributed by atoms with E-state index in [0.717, 1.165) is 19.4 Å². The average Bonchev–Trinajstić information content (AvgIpc) is 2.48. The Kier molecular flexibility index (Phi) is 5.70. The maximum absolute atomic E-state index is 12.9. The lowest BCUT2D eigenvalue weighted by molar-refractivity contribution is -0.126. The molecule has 4 nitrogen and oxygen atoms in total. The molecule has 0 radical (unpaired) electrons. The highest BCUT2D eigenvalue weighted by molar-refractivity contribution is 5.78. The van der Waals surface area contributed by atoms with Crippen LogP contribution in [0.1, 0.15) is 31.4 Å². The van der Waals surface area contributed by atoms with Gasteiger partial charge in [0, 0.05) is 19.6 Å². The Morgan fingerprint density at radius 1 is 1.48 bits per heavy atom. The van der Waals surface area contributed by atoms with Crippen molar-refractivity contribution in [1.82, 2.24) is 10.2 Å². The molecule has 0 bridgehead atoms. The van der Waals surface area contributed by atoms with Crippen LogP contribution >= 0.6 is 0 Å². The van der Waals surface area contributed by atoms with Gasteiger partial charge >= 0.3 is 0 Å². The third kappa shape index (κ3) is 4.51. The molecule has 116 valence electrons. The largest absolute Gasteiger partial charge is 0.387 e. The van der Waals surface area contributed by atoms with Crippen molar-refractivity contribution in [2.24, 2.45) is 5.92 Å². The summed E-state index contributed by atoms with van der Waals surface area (Å²) >= 11 is 0. The lowest BCUT2D eigenvalue weighted by Gasteiger charge is -2.33. The maximum Gasteiger partial charge on any atom is 0.224 e. The molecule has 1 aliphatic heterocycles. The number of carbonyl (C=O) groups is 1. The van der Waals surface area contributed by atoms with E-state index in [-0.39, 0.29) is 17.6 Å². The van der Waals surface area contributed by atoms with Crippen LogP contribution in [0.4, 0.5) is 4.39 Å². The number of piperidine rings is 1. The summed E-state index contributed by atoms with van der Waals surface area (Å²) in [5, 5.41) is 13.1. The van der Waals surface area contributed by atoms with Crippen LogP contribution in [-0.4, -0.2) is 42.1 Å². The van der Waals surface area contributed by atoms with Crippen LogP contribution in [-0.2, 0) is 4.79 Å². The normalized spacial score (nSPS) is 21.0. The highest BCUT2D eigenvalue weighted by Gasteiger charge is 2.26. The summed E-state index contributed by atoms with van der Waals surface area (Å²) in [5.74, 6) is -0.210. The van der Waals surface area contributed by atoms with Gasteiger partial charge < -0.3 is 10.4 Å². The second-order valence-corrected chi connectivity index (χ2v) is 5.56. The molecule has 2 atom stereocenters. The van der Waals surface area contributed by atoms with E-state index in [0.29, 0.717) is 25.2 Å². The standard InChI is InChI=1S/C16H23FN2O2/c1-2-18-16(21)13-4-3-9-19(10-13)11-15(20)12-5-7-14(17)8-6-12/h5-8,13,15,20H,2-4,9-11H2,1H3,(H,18,21). The number of likely N-dealkylation sites (tertiary alicyclic amines) is 1. The zero-order chi connectivity index (χ0) is 15.2. The van der Waals surface area contributed by atoms with Gasteiger partial charge in [-0.25, -0.2) is 4.39 Å². The van der Waals surface area contributed by atoms with Gasteiger partial charge in [-0.3, -0.25) is 9.69 Å². The Hall–Kier alpha value is -1.46. The lowest BCUT2D eigenvalue weighted by atomic mass is 9.96. The van der Waals surface area contributed by atoms with Gasteiger partial charge in [-0.2, -0.15) is 0 Å². The van der Waals surface area contributed by atoms with Gasteiger partial charge in [0.05, 0.1) is 12.0 Å². The summed E-state index contributed by atoms with van der Waals surface area (Å²) in [6, 6.07) is 5.91. The van der Waals surface area contributed by atoms with E-state index >= 15 is 0 Å². The van der Waals surface area contributed by atoms with Gasteiger partial charge in [-0.1, -0.05) is 12.1 Å². The number of nitrogens with one attached hydrogen (secondary N) is 1. The first-order valence-electron chi connectivity index (χ1n) is 7.53. The van der Waals surface area contributed by atoms with Crippen molar-refractivity contribution >= 4 is 5.91 Å². The number of amides is 1. The van der Waals surface area contributed by atoms with Crippen molar-refractivity contribution in [2.45, 2.75) is 25.9 Å². The lowest BCUT2D eigenvalue weighted by Crippen LogP contribution is -2.44. The SMILES string of the molecule is CCNC(=O)C1CCCN(CC(O)c2ccc(F)cc2)C1. The monoisotopic (exact) mass is 294 g/mol. The van der Waals surface area contributed by atoms with Crippen LogP contribution in [0.3, 0.4) is 0 Å². The fourth-order valence-electron chi connectivity index (χ4n) is 2.79. The summed E-state index contributed by atoms with van der Waals surface area (Å²) in [5.41, 5.74) is 0.705. The molecular weight excluding hydrogens is 271 g/mol. The molecular formula is C16H23FN2O2. The summed E-state index contributed by atoms with van der Waals surface area (Å²) < 4.78 is 12.9. The first kappa shape index (κ1) is 15.9. The molecule has 0 spiro atoms. The van der Waals surface area contributed by atoms with E-state index in [9.17, 15) is 14.3 Å². The molecule has 1 heterocycles. The Balaban J connectivity index is 1.89. The number of aliphatic hydroxyl groups is 1. The van der Waals surface area contributed by atoms with Crippen molar-refractivity contribution in [3.05, 3.63) is 35.6 Å². The quantitative estimate of drug-likeness (QED) is 0.869. The van der Waals surface area contributed by atoms with Gasteiger partial charge in [0.25, 0.3) is 0 Å². The number of aliphatic hydroxyl groups excluding tert-OH is 1. The Morgan fingerprint density at radius 3 is 2.86 bits per heavy atom. The van der Waals surface area contributed by atoms with Crippen LogP contribution in [0.25, 0.3) is 0 Å². The molecule has 1 aromatic carbocycles. The molecule has 2 rings (SSSR count). The van der Waals surface area contributed by atoms with Crippen molar-refractivity contribution in [1.29, 1.82) is 0 Å². The van der Waals surface area contributed by atoms with E-state index in [1.165, 1.54) is 12.1 Å². The molecule has 1 aliphatic rings. The second-order valence-electron chi connectivity index (χ2n) is 5.56. The van der Waals surface area contributed by atoms with Crippen molar-refractivity contribution in [3.63, 3.8) is 0 Å². The minimum Gasteiger partial charge on any atom is -0.387 e. The maximum atomic E-state index is 12.9. The summed E-state index contributed by atoms with van der Waals surface area (Å²) in [6.07, 6.45) is 1.20. The molecule has 0 aliphatic carbocycles. The predicted molar refractivity (Wildman–Crippen MR) is 79.2 cm³/mol. The molecule has 1 aromatic rings. The smallest absolute Gasteiger partial charge is 0.224 e. The van der Waals surface area contributed by atoms with Gasteiger partial charge in [0.1, 0.15) is 5.82 Å². The van der Waals surface area contributed by atoms with Crippen LogP contribution in [0.15, 0.2) is 24.3 Å². The fourth-order valence-corrected chi connectivity index (χ4v) is 2.79. The molecule has 5 heteroatoms. The molecule has 21 heavy (non-hydrogen) atoms. The van der Waals surface area contributed by atoms with E-state index in [1.54, 1.807) is 12.1 Å². The van der Waals surface area contributed by atoms with Crippen molar-refractivity contribution < 1.29 is 14.3 Å². The molecule has 1 fully saturated rings.